The van der Waals surface area contributed by atoms with Crippen molar-refractivity contribution in [2.24, 2.45) is 0 Å². The maximum atomic E-state index is 12.6. The SMILES string of the molecule is CC(=O)N[C@H]1CC2(CCN(CC(=O)N3CCCCC3)CC2)c2ccccc21.[HH]. The van der Waals surface area contributed by atoms with E-state index in [0.717, 1.165) is 58.3 Å². The van der Waals surface area contributed by atoms with Gasteiger partial charge in [0, 0.05) is 26.9 Å². The third-order valence-electron chi connectivity index (χ3n) is 6.76. The Bertz CT molecular complexity index is 709. The lowest BCUT2D eigenvalue weighted by atomic mass is 9.73. The molecule has 0 unspecified atom stereocenters. The topological polar surface area (TPSA) is 52.7 Å². The summed E-state index contributed by atoms with van der Waals surface area (Å²) in [6.45, 7) is 5.95. The Hall–Kier alpha value is -1.88. The molecule has 1 spiro atoms. The molecule has 3 aliphatic rings. The normalized spacial score (nSPS) is 24.6. The van der Waals surface area contributed by atoms with Gasteiger partial charge in [0.05, 0.1) is 12.6 Å². The summed E-state index contributed by atoms with van der Waals surface area (Å²) in [5, 5.41) is 3.14. The average Bonchev–Trinajstić information content (AvgIpc) is 2.97. The molecule has 0 radical (unpaired) electrons. The van der Waals surface area contributed by atoms with Crippen molar-refractivity contribution in [3.05, 3.63) is 35.4 Å². The van der Waals surface area contributed by atoms with Crippen molar-refractivity contribution in [1.29, 1.82) is 0 Å². The number of fused-ring (bicyclic) bond motifs is 2. The molecule has 1 aliphatic carbocycles. The highest BCUT2D eigenvalue weighted by atomic mass is 16.2. The largest absolute Gasteiger partial charge is 0.349 e. The minimum atomic E-state index is 0. The predicted molar refractivity (Wildman–Crippen MR) is 108 cm³/mol. The Kier molecular flexibility index (Phi) is 5.22. The van der Waals surface area contributed by atoms with Gasteiger partial charge in [0.1, 0.15) is 0 Å². The van der Waals surface area contributed by atoms with Crippen molar-refractivity contribution in [2.45, 2.75) is 56.9 Å². The van der Waals surface area contributed by atoms with Crippen LogP contribution in [0.3, 0.4) is 0 Å². The molecule has 1 aromatic carbocycles. The summed E-state index contributed by atoms with van der Waals surface area (Å²) in [6.07, 6.45) is 6.66. The molecule has 2 aliphatic heterocycles. The average molecular weight is 372 g/mol. The smallest absolute Gasteiger partial charge is 0.236 e. The second kappa shape index (κ2) is 7.63. The van der Waals surface area contributed by atoms with Gasteiger partial charge in [0.25, 0.3) is 0 Å². The molecule has 5 heteroatoms. The summed E-state index contributed by atoms with van der Waals surface area (Å²) < 4.78 is 0. The van der Waals surface area contributed by atoms with Gasteiger partial charge in [-0.3, -0.25) is 14.5 Å². The van der Waals surface area contributed by atoms with Crippen molar-refractivity contribution in [3.63, 3.8) is 0 Å². The molecular weight excluding hydrogens is 338 g/mol. The summed E-state index contributed by atoms with van der Waals surface area (Å²) in [4.78, 5) is 28.6. The number of piperidine rings is 2. The minimum absolute atomic E-state index is 0. The molecule has 148 valence electrons. The van der Waals surface area contributed by atoms with Crippen molar-refractivity contribution < 1.29 is 11.0 Å². The fourth-order valence-electron chi connectivity index (χ4n) is 5.32. The van der Waals surface area contributed by atoms with Gasteiger partial charge in [-0.05, 0) is 62.7 Å². The maximum absolute atomic E-state index is 12.6. The Morgan fingerprint density at radius 3 is 2.52 bits per heavy atom. The highest BCUT2D eigenvalue weighted by Gasteiger charge is 2.45. The van der Waals surface area contributed by atoms with Crippen LogP contribution in [0, 0.1) is 0 Å². The summed E-state index contributed by atoms with van der Waals surface area (Å²) >= 11 is 0. The van der Waals surface area contributed by atoms with Gasteiger partial charge in [0.2, 0.25) is 11.8 Å². The zero-order valence-corrected chi connectivity index (χ0v) is 16.4. The number of carbonyl (C=O) groups is 2. The van der Waals surface area contributed by atoms with Crippen LogP contribution in [0.1, 0.15) is 64.0 Å². The second-order valence-electron chi connectivity index (χ2n) is 8.54. The first kappa shape index (κ1) is 18.5. The predicted octanol–water partition coefficient (Wildman–Crippen LogP) is 2.86. The van der Waals surface area contributed by atoms with E-state index in [4.69, 9.17) is 0 Å². The molecule has 2 heterocycles. The number of likely N-dealkylation sites (tertiary alicyclic amines) is 2. The Labute approximate surface area is 163 Å². The molecule has 27 heavy (non-hydrogen) atoms. The molecule has 2 saturated heterocycles. The van der Waals surface area contributed by atoms with Gasteiger partial charge < -0.3 is 10.2 Å². The summed E-state index contributed by atoms with van der Waals surface area (Å²) in [5.74, 6) is 0.338. The fourth-order valence-corrected chi connectivity index (χ4v) is 5.32. The lowest BCUT2D eigenvalue weighted by Crippen LogP contribution is -2.47. The van der Waals surface area contributed by atoms with Crippen LogP contribution in [0.4, 0.5) is 0 Å². The van der Waals surface area contributed by atoms with Gasteiger partial charge in [-0.2, -0.15) is 0 Å². The van der Waals surface area contributed by atoms with Crippen LogP contribution in [0.5, 0.6) is 0 Å². The molecule has 1 aromatic rings. The van der Waals surface area contributed by atoms with Crippen LogP contribution in [-0.4, -0.2) is 54.3 Å². The van der Waals surface area contributed by atoms with Crippen LogP contribution >= 0.6 is 0 Å². The molecule has 1 atom stereocenters. The second-order valence-corrected chi connectivity index (χ2v) is 8.54. The van der Waals surface area contributed by atoms with E-state index in [9.17, 15) is 9.59 Å². The minimum Gasteiger partial charge on any atom is -0.349 e. The van der Waals surface area contributed by atoms with E-state index in [1.165, 1.54) is 17.5 Å². The van der Waals surface area contributed by atoms with E-state index in [1.807, 2.05) is 4.90 Å². The van der Waals surface area contributed by atoms with E-state index < -0.39 is 0 Å². The van der Waals surface area contributed by atoms with Crippen LogP contribution in [-0.2, 0) is 15.0 Å². The molecule has 2 amide bonds. The van der Waals surface area contributed by atoms with Crippen LogP contribution in [0.15, 0.2) is 24.3 Å². The van der Waals surface area contributed by atoms with Gasteiger partial charge >= 0.3 is 0 Å². The molecule has 0 bridgehead atoms. The number of hydrogen-bond donors (Lipinski definition) is 1. The number of carbonyl (C=O) groups excluding carboxylic acids is 2. The van der Waals surface area contributed by atoms with E-state index in [2.05, 4.69) is 34.5 Å². The van der Waals surface area contributed by atoms with E-state index in [-0.39, 0.29) is 18.8 Å². The summed E-state index contributed by atoms with van der Waals surface area (Å²) in [7, 11) is 0. The van der Waals surface area contributed by atoms with Crippen LogP contribution in [0.2, 0.25) is 0 Å². The van der Waals surface area contributed by atoms with E-state index in [1.54, 1.807) is 6.92 Å². The summed E-state index contributed by atoms with van der Waals surface area (Å²) in [6, 6.07) is 8.71. The molecule has 5 nitrogen and oxygen atoms in total. The highest BCUT2D eigenvalue weighted by Crippen LogP contribution is 2.50. The Morgan fingerprint density at radius 1 is 1.11 bits per heavy atom. The quantitative estimate of drug-likeness (QED) is 0.889. The molecule has 1 N–H and O–H groups in total. The molecule has 0 saturated carbocycles. The Morgan fingerprint density at radius 2 is 1.81 bits per heavy atom. The molecule has 4 rings (SSSR count). The first-order valence-corrected chi connectivity index (χ1v) is 10.4. The van der Waals surface area contributed by atoms with Crippen molar-refractivity contribution in [3.8, 4) is 0 Å². The third-order valence-corrected chi connectivity index (χ3v) is 6.76. The van der Waals surface area contributed by atoms with Gasteiger partial charge in [-0.15, -0.1) is 0 Å². The van der Waals surface area contributed by atoms with Gasteiger partial charge in [-0.1, -0.05) is 24.3 Å². The zero-order chi connectivity index (χ0) is 18.9. The van der Waals surface area contributed by atoms with Crippen molar-refractivity contribution in [1.82, 2.24) is 15.1 Å². The third kappa shape index (κ3) is 3.75. The summed E-state index contributed by atoms with van der Waals surface area (Å²) in [5.41, 5.74) is 2.84. The lowest BCUT2D eigenvalue weighted by Gasteiger charge is -2.41. The zero-order valence-electron chi connectivity index (χ0n) is 16.4. The van der Waals surface area contributed by atoms with Gasteiger partial charge in [-0.25, -0.2) is 0 Å². The van der Waals surface area contributed by atoms with Crippen LogP contribution in [0.25, 0.3) is 0 Å². The lowest BCUT2D eigenvalue weighted by molar-refractivity contribution is -0.133. The maximum Gasteiger partial charge on any atom is 0.236 e. The highest BCUT2D eigenvalue weighted by molar-refractivity contribution is 5.78. The molecular formula is C22H33N3O2. The molecule has 2 fully saturated rings. The monoisotopic (exact) mass is 371 g/mol. The number of nitrogens with one attached hydrogen (secondary N) is 1. The number of benzene rings is 1. The van der Waals surface area contributed by atoms with E-state index >= 15 is 0 Å². The van der Waals surface area contributed by atoms with Crippen molar-refractivity contribution in [2.75, 3.05) is 32.7 Å². The molecule has 0 aromatic heterocycles. The number of rotatable bonds is 3. The van der Waals surface area contributed by atoms with E-state index in [0.29, 0.717) is 12.5 Å². The number of hydrogen-bond acceptors (Lipinski definition) is 3. The number of amides is 2. The van der Waals surface area contributed by atoms with Crippen LogP contribution < -0.4 is 5.32 Å². The van der Waals surface area contributed by atoms with Crippen molar-refractivity contribution >= 4 is 11.8 Å². The number of nitrogens with zero attached hydrogens (tertiary/aromatic N) is 2. The fraction of sp³-hybridized carbons (Fsp3) is 0.636. The first-order valence-electron chi connectivity index (χ1n) is 10.4. The standard InChI is InChI=1S/C22H31N3O2.H2/c1-17(26)23-20-15-22(19-8-4-3-7-18(19)20)9-13-24(14-10-22)16-21(27)25-11-5-2-6-12-25;/h3-4,7-8,20H,2,5-6,9-16H2,1H3,(H,23,26);1H/t20-;/m0./s1. The van der Waals surface area contributed by atoms with Gasteiger partial charge in [0.15, 0.2) is 0 Å². The Balaban J connectivity index is 0.00000225. The first-order chi connectivity index (χ1) is 13.1.